The van der Waals surface area contributed by atoms with Gasteiger partial charge in [0.05, 0.1) is 12.6 Å². The molecule has 0 aromatic heterocycles. The maximum absolute atomic E-state index is 13.3. The van der Waals surface area contributed by atoms with Gasteiger partial charge in [0.25, 0.3) is 5.91 Å². The monoisotopic (exact) mass is 437 g/mol. The summed E-state index contributed by atoms with van der Waals surface area (Å²) in [7, 11) is 0. The van der Waals surface area contributed by atoms with Gasteiger partial charge in [-0.2, -0.15) is 0 Å². The van der Waals surface area contributed by atoms with E-state index < -0.39 is 23.4 Å². The zero-order chi connectivity index (χ0) is 22.3. The predicted molar refractivity (Wildman–Crippen MR) is 112 cm³/mol. The summed E-state index contributed by atoms with van der Waals surface area (Å²) in [5.74, 6) is 0.976. The highest BCUT2D eigenvalue weighted by atomic mass is 16.6. The van der Waals surface area contributed by atoms with Crippen molar-refractivity contribution in [1.29, 1.82) is 0 Å². The summed E-state index contributed by atoms with van der Waals surface area (Å²) in [6.07, 6.45) is 0.306. The number of ether oxygens (including phenoxy) is 3. The molecule has 9 heteroatoms. The van der Waals surface area contributed by atoms with Crippen LogP contribution in [0.25, 0.3) is 0 Å². The van der Waals surface area contributed by atoms with Crippen LogP contribution in [0, 0.1) is 0 Å². The first-order valence-corrected chi connectivity index (χ1v) is 10.5. The number of nitrogens with one attached hydrogen (secondary N) is 2. The minimum atomic E-state index is -1.20. The first kappa shape index (κ1) is 20.2. The molecule has 0 saturated carbocycles. The third-order valence-corrected chi connectivity index (χ3v) is 6.00. The minimum absolute atomic E-state index is 0.296. The molecule has 0 unspecified atom stereocenters. The summed E-state index contributed by atoms with van der Waals surface area (Å²) in [5, 5.41) is 5.64. The van der Waals surface area contributed by atoms with Gasteiger partial charge in [-0.05, 0) is 30.7 Å². The minimum Gasteiger partial charge on any atom is -0.493 e. The summed E-state index contributed by atoms with van der Waals surface area (Å²) in [6.45, 7) is 2.72. The lowest BCUT2D eigenvalue weighted by atomic mass is 9.84. The Bertz CT molecular complexity index is 1100. The number of fused-ring (bicyclic) bond motifs is 3. The number of imide groups is 1. The van der Waals surface area contributed by atoms with Crippen molar-refractivity contribution < 1.29 is 28.6 Å². The molecule has 3 aliphatic rings. The highest BCUT2D eigenvalue weighted by molar-refractivity contribution is 6.09. The number of para-hydroxylation sites is 1. The molecule has 5 rings (SSSR count). The molecule has 2 aromatic carbocycles. The van der Waals surface area contributed by atoms with Gasteiger partial charge in [-0.25, -0.2) is 4.79 Å². The summed E-state index contributed by atoms with van der Waals surface area (Å²) in [5.41, 5.74) is 0.236. The van der Waals surface area contributed by atoms with Gasteiger partial charge in [0.1, 0.15) is 25.5 Å². The van der Waals surface area contributed by atoms with Crippen molar-refractivity contribution in [3.63, 3.8) is 0 Å². The lowest BCUT2D eigenvalue weighted by molar-refractivity contribution is -0.136. The molecule has 0 aliphatic carbocycles. The molecule has 1 saturated heterocycles. The van der Waals surface area contributed by atoms with Crippen LogP contribution in [0.1, 0.15) is 30.5 Å². The average molecular weight is 437 g/mol. The van der Waals surface area contributed by atoms with E-state index in [9.17, 15) is 14.4 Å². The molecule has 1 fully saturated rings. The van der Waals surface area contributed by atoms with Gasteiger partial charge < -0.3 is 24.8 Å². The maximum atomic E-state index is 13.3. The quantitative estimate of drug-likeness (QED) is 0.708. The number of benzene rings is 2. The molecule has 166 valence electrons. The van der Waals surface area contributed by atoms with Gasteiger partial charge in [0, 0.05) is 12.0 Å². The van der Waals surface area contributed by atoms with Crippen LogP contribution in [0.5, 0.6) is 17.2 Å². The molecule has 32 heavy (non-hydrogen) atoms. The van der Waals surface area contributed by atoms with Crippen molar-refractivity contribution in [2.24, 2.45) is 0 Å². The molecule has 3 heterocycles. The van der Waals surface area contributed by atoms with Crippen LogP contribution in [0.2, 0.25) is 0 Å². The Morgan fingerprint density at radius 2 is 1.81 bits per heavy atom. The van der Waals surface area contributed by atoms with Crippen LogP contribution in [0.4, 0.5) is 4.79 Å². The predicted octanol–water partition coefficient (Wildman–Crippen LogP) is 1.86. The molecule has 0 bridgehead atoms. The lowest BCUT2D eigenvalue weighted by Gasteiger charge is -2.33. The molecule has 3 aliphatic heterocycles. The second-order valence-electron chi connectivity index (χ2n) is 8.01. The fourth-order valence-electron chi connectivity index (χ4n) is 4.36. The van der Waals surface area contributed by atoms with Crippen molar-refractivity contribution in [2.45, 2.75) is 24.9 Å². The van der Waals surface area contributed by atoms with E-state index in [2.05, 4.69) is 10.6 Å². The van der Waals surface area contributed by atoms with Gasteiger partial charge in [0.2, 0.25) is 5.91 Å². The van der Waals surface area contributed by atoms with Crippen molar-refractivity contribution in [3.8, 4) is 17.2 Å². The molecule has 4 amide bonds. The Morgan fingerprint density at radius 1 is 1.06 bits per heavy atom. The standard InChI is InChI=1S/C23H23N3O6/c1-14(15-6-7-18-19(12-15)32-11-10-31-18)24-20(27)13-26-21(28)23(25-22(26)29)8-9-30-17-5-3-2-4-16(17)23/h2-7,12,14H,8-11,13H2,1H3,(H,24,27)(H,25,29)/t14-,23+/m1/s1. The Hall–Kier alpha value is -3.75. The summed E-state index contributed by atoms with van der Waals surface area (Å²) >= 11 is 0. The van der Waals surface area contributed by atoms with Crippen LogP contribution in [0.15, 0.2) is 42.5 Å². The van der Waals surface area contributed by atoms with E-state index in [1.54, 1.807) is 24.3 Å². The highest BCUT2D eigenvalue weighted by Crippen LogP contribution is 2.41. The number of urea groups is 1. The smallest absolute Gasteiger partial charge is 0.325 e. The van der Waals surface area contributed by atoms with Gasteiger partial charge in [-0.15, -0.1) is 0 Å². The SMILES string of the molecule is C[C@@H](NC(=O)CN1C(=O)N[C@]2(CCOc3ccccc32)C1=O)c1ccc2c(c1)OCCO2. The van der Waals surface area contributed by atoms with Crippen molar-refractivity contribution in [2.75, 3.05) is 26.4 Å². The second-order valence-corrected chi connectivity index (χ2v) is 8.01. The number of rotatable bonds is 4. The molecule has 2 N–H and O–H groups in total. The van der Waals surface area contributed by atoms with Crippen LogP contribution in [0.3, 0.4) is 0 Å². The molecule has 9 nitrogen and oxygen atoms in total. The van der Waals surface area contributed by atoms with E-state index in [4.69, 9.17) is 14.2 Å². The first-order chi connectivity index (χ1) is 15.5. The second kappa shape index (κ2) is 7.74. The average Bonchev–Trinajstić information content (AvgIpc) is 3.03. The zero-order valence-electron chi connectivity index (χ0n) is 17.6. The van der Waals surface area contributed by atoms with Crippen LogP contribution < -0.4 is 24.8 Å². The number of carbonyl (C=O) groups excluding carboxylic acids is 3. The van der Waals surface area contributed by atoms with Crippen LogP contribution in [-0.2, 0) is 15.1 Å². The van der Waals surface area contributed by atoms with Gasteiger partial charge in [0.15, 0.2) is 17.0 Å². The number of nitrogens with zero attached hydrogens (tertiary/aromatic N) is 1. The number of carbonyl (C=O) groups is 3. The Kier molecular flexibility index (Phi) is 4.88. The topological polar surface area (TPSA) is 106 Å². The Labute approximate surface area is 184 Å². The van der Waals surface area contributed by atoms with Crippen LogP contribution >= 0.6 is 0 Å². The number of hydrogen-bond acceptors (Lipinski definition) is 6. The molecular formula is C23H23N3O6. The van der Waals surface area contributed by atoms with E-state index in [1.807, 2.05) is 25.1 Å². The highest BCUT2D eigenvalue weighted by Gasteiger charge is 2.55. The summed E-state index contributed by atoms with van der Waals surface area (Å²) < 4.78 is 16.7. The first-order valence-electron chi connectivity index (χ1n) is 10.5. The van der Waals surface area contributed by atoms with E-state index >= 15 is 0 Å². The van der Waals surface area contributed by atoms with Crippen molar-refractivity contribution in [1.82, 2.24) is 15.5 Å². The third kappa shape index (κ3) is 3.30. The largest absolute Gasteiger partial charge is 0.493 e. The molecule has 0 radical (unpaired) electrons. The van der Waals surface area contributed by atoms with E-state index in [1.165, 1.54) is 0 Å². The van der Waals surface area contributed by atoms with Gasteiger partial charge in [-0.1, -0.05) is 24.3 Å². The summed E-state index contributed by atoms with van der Waals surface area (Å²) in [4.78, 5) is 39.6. The van der Waals surface area contributed by atoms with Crippen molar-refractivity contribution >= 4 is 17.8 Å². The fraction of sp³-hybridized carbons (Fsp3) is 0.348. The summed E-state index contributed by atoms with van der Waals surface area (Å²) in [6, 6.07) is 11.7. The number of amides is 4. The van der Waals surface area contributed by atoms with Crippen LogP contribution in [-0.4, -0.2) is 49.1 Å². The fourth-order valence-corrected chi connectivity index (χ4v) is 4.36. The maximum Gasteiger partial charge on any atom is 0.325 e. The molecular weight excluding hydrogens is 414 g/mol. The molecule has 2 atom stereocenters. The zero-order valence-corrected chi connectivity index (χ0v) is 17.6. The van der Waals surface area contributed by atoms with E-state index in [0.717, 1.165) is 10.5 Å². The Balaban J connectivity index is 1.29. The molecule has 2 aromatic rings. The normalized spacial score (nSPS) is 22.1. The van der Waals surface area contributed by atoms with Gasteiger partial charge >= 0.3 is 6.03 Å². The third-order valence-electron chi connectivity index (χ3n) is 6.00. The van der Waals surface area contributed by atoms with E-state index in [-0.39, 0.29) is 12.6 Å². The number of hydrogen-bond donors (Lipinski definition) is 2. The Morgan fingerprint density at radius 3 is 2.66 bits per heavy atom. The lowest BCUT2D eigenvalue weighted by Crippen LogP contribution is -2.48. The van der Waals surface area contributed by atoms with E-state index in [0.29, 0.717) is 49.1 Å². The molecule has 1 spiro atoms. The van der Waals surface area contributed by atoms with Gasteiger partial charge in [-0.3, -0.25) is 14.5 Å². The van der Waals surface area contributed by atoms with Crippen molar-refractivity contribution in [3.05, 3.63) is 53.6 Å².